The van der Waals surface area contributed by atoms with Crippen LogP contribution in [0.5, 0.6) is 0 Å². The Hall–Kier alpha value is -0.290. The lowest BCUT2D eigenvalue weighted by Gasteiger charge is -2.19. The van der Waals surface area contributed by atoms with Gasteiger partial charge in [-0.2, -0.15) is 13.2 Å². The Morgan fingerprint density at radius 1 is 1.12 bits per heavy atom. The highest BCUT2D eigenvalue weighted by Crippen LogP contribution is 2.14. The quantitative estimate of drug-likeness (QED) is 0.200. The molecule has 0 heterocycles. The van der Waals surface area contributed by atoms with Crippen molar-refractivity contribution < 1.29 is 17.9 Å². The fraction of sp³-hybridized carbons (Fsp3) is 0.933. The van der Waals surface area contributed by atoms with E-state index in [0.717, 1.165) is 25.9 Å². The largest absolute Gasteiger partial charge is 0.401 e. The number of nitrogens with one attached hydrogen (secondary N) is 2. The molecule has 0 aliphatic rings. The maximum Gasteiger partial charge on any atom is 0.401 e. The monoisotopic (exact) mass is 468 g/mol. The van der Waals surface area contributed by atoms with E-state index in [1.807, 2.05) is 6.92 Å². The van der Waals surface area contributed by atoms with E-state index in [-0.39, 0.29) is 24.0 Å². The highest BCUT2D eigenvalue weighted by molar-refractivity contribution is 14.0. The number of nitrogens with zero attached hydrogens (tertiary/aromatic N) is 2. The fourth-order valence-electron chi connectivity index (χ4n) is 1.80. The van der Waals surface area contributed by atoms with Crippen molar-refractivity contribution in [1.82, 2.24) is 15.5 Å². The summed E-state index contributed by atoms with van der Waals surface area (Å²) in [5.74, 6) is 0.626. The Labute approximate surface area is 160 Å². The van der Waals surface area contributed by atoms with Gasteiger partial charge in [0.25, 0.3) is 0 Å². The minimum atomic E-state index is -4.16. The topological polar surface area (TPSA) is 48.9 Å². The molecule has 146 valence electrons. The summed E-state index contributed by atoms with van der Waals surface area (Å²) in [5.41, 5.74) is 0. The minimum Gasteiger partial charge on any atom is -0.381 e. The van der Waals surface area contributed by atoms with Crippen molar-refractivity contribution in [3.8, 4) is 0 Å². The number of guanidine groups is 1. The number of aliphatic imine (C=N–C) groups is 1. The van der Waals surface area contributed by atoms with Gasteiger partial charge in [-0.3, -0.25) is 9.89 Å². The SMILES string of the molecule is CCCCOCCCN=C(NCC)NCCN(C)CC(F)(F)F.I. The van der Waals surface area contributed by atoms with Crippen LogP contribution in [-0.4, -0.2) is 70.0 Å². The Morgan fingerprint density at radius 2 is 1.79 bits per heavy atom. The van der Waals surface area contributed by atoms with Crippen LogP contribution in [0.1, 0.15) is 33.1 Å². The first kappa shape index (κ1) is 25.9. The van der Waals surface area contributed by atoms with Gasteiger partial charge in [-0.1, -0.05) is 13.3 Å². The molecule has 5 nitrogen and oxygen atoms in total. The lowest BCUT2D eigenvalue weighted by Crippen LogP contribution is -2.42. The highest BCUT2D eigenvalue weighted by Gasteiger charge is 2.28. The third-order valence-electron chi connectivity index (χ3n) is 2.94. The van der Waals surface area contributed by atoms with E-state index >= 15 is 0 Å². The summed E-state index contributed by atoms with van der Waals surface area (Å²) >= 11 is 0. The van der Waals surface area contributed by atoms with Gasteiger partial charge >= 0.3 is 6.18 Å². The second kappa shape index (κ2) is 16.2. The lowest BCUT2D eigenvalue weighted by atomic mass is 10.4. The smallest absolute Gasteiger partial charge is 0.381 e. The maximum absolute atomic E-state index is 12.2. The molecule has 0 aliphatic heterocycles. The highest BCUT2D eigenvalue weighted by atomic mass is 127. The van der Waals surface area contributed by atoms with Crippen LogP contribution in [0.15, 0.2) is 4.99 Å². The summed E-state index contributed by atoms with van der Waals surface area (Å²) in [5, 5.41) is 6.11. The average molecular weight is 468 g/mol. The van der Waals surface area contributed by atoms with Gasteiger partial charge in [0.05, 0.1) is 6.54 Å². The summed E-state index contributed by atoms with van der Waals surface area (Å²) in [6, 6.07) is 0. The van der Waals surface area contributed by atoms with Gasteiger partial charge in [-0.15, -0.1) is 24.0 Å². The molecule has 0 saturated carbocycles. The standard InChI is InChI=1S/C15H31F3N4O.HI/c1-4-6-11-23-12-7-8-20-14(19-5-2)21-9-10-22(3)13-15(16,17)18;/h4-13H2,1-3H3,(H2,19,20,21);1H. The van der Waals surface area contributed by atoms with Crippen LogP contribution in [0.2, 0.25) is 0 Å². The van der Waals surface area contributed by atoms with E-state index in [0.29, 0.717) is 38.7 Å². The number of halogens is 4. The molecule has 0 amide bonds. The Bertz CT molecular complexity index is 318. The summed E-state index contributed by atoms with van der Waals surface area (Å²) in [7, 11) is 1.45. The molecule has 0 aromatic rings. The summed E-state index contributed by atoms with van der Waals surface area (Å²) < 4.78 is 42.1. The van der Waals surface area contributed by atoms with Crippen molar-refractivity contribution in [3.63, 3.8) is 0 Å². The molecule has 24 heavy (non-hydrogen) atoms. The van der Waals surface area contributed by atoms with Gasteiger partial charge in [0.1, 0.15) is 0 Å². The molecule has 0 unspecified atom stereocenters. The van der Waals surface area contributed by atoms with Gasteiger partial charge < -0.3 is 15.4 Å². The zero-order chi connectivity index (χ0) is 17.6. The van der Waals surface area contributed by atoms with Crippen molar-refractivity contribution in [2.75, 3.05) is 53.0 Å². The van der Waals surface area contributed by atoms with E-state index in [2.05, 4.69) is 22.5 Å². The second-order valence-corrected chi connectivity index (χ2v) is 5.36. The van der Waals surface area contributed by atoms with Crippen LogP contribution in [0.3, 0.4) is 0 Å². The predicted molar refractivity (Wildman–Crippen MR) is 103 cm³/mol. The molecule has 0 radical (unpaired) electrons. The van der Waals surface area contributed by atoms with Crippen molar-refractivity contribution in [2.24, 2.45) is 4.99 Å². The molecule has 9 heteroatoms. The molecular formula is C15H32F3IN4O. The van der Waals surface area contributed by atoms with Gasteiger partial charge in [0.15, 0.2) is 5.96 Å². The number of ether oxygens (including phenoxy) is 1. The molecule has 0 rings (SSSR count). The first-order valence-corrected chi connectivity index (χ1v) is 8.24. The number of hydrogen-bond donors (Lipinski definition) is 2. The van der Waals surface area contributed by atoms with Gasteiger partial charge in [-0.25, -0.2) is 0 Å². The summed E-state index contributed by atoms with van der Waals surface area (Å²) in [6.45, 7) is 6.65. The van der Waals surface area contributed by atoms with Crippen LogP contribution in [0.25, 0.3) is 0 Å². The number of hydrogen-bond acceptors (Lipinski definition) is 3. The molecule has 0 fully saturated rings. The molecule has 0 atom stereocenters. The van der Waals surface area contributed by atoms with Crippen molar-refractivity contribution in [3.05, 3.63) is 0 Å². The molecule has 0 aliphatic carbocycles. The van der Waals surface area contributed by atoms with Crippen molar-refractivity contribution in [2.45, 2.75) is 39.3 Å². The van der Waals surface area contributed by atoms with E-state index in [9.17, 15) is 13.2 Å². The molecule has 0 aromatic carbocycles. The van der Waals surface area contributed by atoms with Gasteiger partial charge in [0.2, 0.25) is 0 Å². The third-order valence-corrected chi connectivity index (χ3v) is 2.94. The fourth-order valence-corrected chi connectivity index (χ4v) is 1.80. The Balaban J connectivity index is 0. The first-order valence-electron chi connectivity index (χ1n) is 8.24. The third kappa shape index (κ3) is 18.1. The molecule has 0 bridgehead atoms. The molecule has 0 aromatic heterocycles. The lowest BCUT2D eigenvalue weighted by molar-refractivity contribution is -0.142. The van der Waals surface area contributed by atoms with E-state index in [1.165, 1.54) is 11.9 Å². The van der Waals surface area contributed by atoms with Crippen molar-refractivity contribution in [1.29, 1.82) is 0 Å². The minimum absolute atomic E-state index is 0. The molecular weight excluding hydrogens is 436 g/mol. The second-order valence-electron chi connectivity index (χ2n) is 5.36. The van der Waals surface area contributed by atoms with Crippen molar-refractivity contribution >= 4 is 29.9 Å². The van der Waals surface area contributed by atoms with Crippen LogP contribution >= 0.6 is 24.0 Å². The van der Waals surface area contributed by atoms with Gasteiger partial charge in [-0.05, 0) is 26.8 Å². The van der Waals surface area contributed by atoms with E-state index in [4.69, 9.17) is 4.74 Å². The summed E-state index contributed by atoms with van der Waals surface area (Å²) in [4.78, 5) is 5.61. The number of rotatable bonds is 12. The Kier molecular flexibility index (Phi) is 17.5. The Morgan fingerprint density at radius 3 is 2.38 bits per heavy atom. The predicted octanol–water partition coefficient (Wildman–Crippen LogP) is 2.86. The molecule has 2 N–H and O–H groups in total. The zero-order valence-corrected chi connectivity index (χ0v) is 17.2. The normalized spacial score (nSPS) is 12.2. The number of unbranched alkanes of at least 4 members (excludes halogenated alkanes) is 1. The molecule has 0 spiro atoms. The van der Waals surface area contributed by atoms with E-state index in [1.54, 1.807) is 0 Å². The number of alkyl halides is 3. The maximum atomic E-state index is 12.2. The van der Waals surface area contributed by atoms with Crippen LogP contribution in [0, 0.1) is 0 Å². The first-order chi connectivity index (χ1) is 10.9. The number of likely N-dealkylation sites (N-methyl/N-ethyl adjacent to an activating group) is 1. The van der Waals surface area contributed by atoms with Crippen LogP contribution in [-0.2, 0) is 4.74 Å². The van der Waals surface area contributed by atoms with Crippen LogP contribution < -0.4 is 10.6 Å². The molecule has 0 saturated heterocycles. The zero-order valence-electron chi connectivity index (χ0n) is 14.9. The van der Waals surface area contributed by atoms with Gasteiger partial charge in [0, 0.05) is 39.4 Å². The van der Waals surface area contributed by atoms with Crippen LogP contribution in [0.4, 0.5) is 13.2 Å². The summed E-state index contributed by atoms with van der Waals surface area (Å²) in [6.07, 6.45) is -1.15. The van der Waals surface area contributed by atoms with E-state index < -0.39 is 12.7 Å². The average Bonchev–Trinajstić information content (AvgIpc) is 2.44.